The molecule has 5 heteroatoms. The Balaban J connectivity index is 2.07. The van der Waals surface area contributed by atoms with Gasteiger partial charge in [0.2, 0.25) is 0 Å². The van der Waals surface area contributed by atoms with Crippen LogP contribution in [0.5, 0.6) is 0 Å². The molecule has 0 radical (unpaired) electrons. The van der Waals surface area contributed by atoms with E-state index in [4.69, 9.17) is 0 Å². The van der Waals surface area contributed by atoms with Crippen LogP contribution < -0.4 is 10.6 Å². The highest BCUT2D eigenvalue weighted by atomic mass is 16.2. The van der Waals surface area contributed by atoms with Gasteiger partial charge in [-0.1, -0.05) is 24.6 Å². The number of nitrogens with one attached hydrogen (secondary N) is 2. The van der Waals surface area contributed by atoms with E-state index in [9.17, 15) is 4.79 Å². The fraction of sp³-hybridized carbons (Fsp3) is 0.353. The quantitative estimate of drug-likeness (QED) is 0.888. The second-order valence-electron chi connectivity index (χ2n) is 5.53. The van der Waals surface area contributed by atoms with Crippen molar-refractivity contribution in [3.63, 3.8) is 0 Å². The number of carbonyl (C=O) groups is 1. The van der Waals surface area contributed by atoms with Crippen LogP contribution in [-0.4, -0.2) is 22.1 Å². The van der Waals surface area contributed by atoms with Crippen LogP contribution in [0.1, 0.15) is 41.9 Å². The molecule has 1 unspecified atom stereocenters. The lowest BCUT2D eigenvalue weighted by atomic mass is 10.1. The minimum Gasteiger partial charge on any atom is -0.348 e. The van der Waals surface area contributed by atoms with Gasteiger partial charge in [-0.15, -0.1) is 10.2 Å². The Bertz CT molecular complexity index is 652. The molecule has 2 N–H and O–H groups in total. The minimum atomic E-state index is -0.195. The number of hydrogen-bond acceptors (Lipinski definition) is 4. The number of amides is 1. The Kier molecular flexibility index (Phi) is 5.09. The maximum Gasteiger partial charge on any atom is 0.272 e. The first-order valence-electron chi connectivity index (χ1n) is 7.48. The van der Waals surface area contributed by atoms with Gasteiger partial charge in [0.05, 0.1) is 0 Å². The van der Waals surface area contributed by atoms with E-state index in [1.165, 1.54) is 5.56 Å². The van der Waals surface area contributed by atoms with E-state index in [1.54, 1.807) is 12.1 Å². The van der Waals surface area contributed by atoms with Crippen LogP contribution in [0.2, 0.25) is 0 Å². The largest absolute Gasteiger partial charge is 0.348 e. The summed E-state index contributed by atoms with van der Waals surface area (Å²) in [6, 6.07) is 9.72. The molecule has 0 fully saturated rings. The maximum absolute atomic E-state index is 11.9. The molecule has 0 aliphatic carbocycles. The van der Waals surface area contributed by atoms with E-state index in [0.717, 1.165) is 17.7 Å². The molecule has 0 aliphatic rings. The predicted octanol–water partition coefficient (Wildman–Crippen LogP) is 3.37. The topological polar surface area (TPSA) is 66.9 Å². The van der Waals surface area contributed by atoms with E-state index >= 15 is 0 Å². The summed E-state index contributed by atoms with van der Waals surface area (Å²) >= 11 is 0. The van der Waals surface area contributed by atoms with Gasteiger partial charge in [-0.2, -0.15) is 0 Å². The zero-order chi connectivity index (χ0) is 16.1. The van der Waals surface area contributed by atoms with Gasteiger partial charge in [-0.25, -0.2) is 0 Å². The van der Waals surface area contributed by atoms with Crippen LogP contribution in [-0.2, 0) is 0 Å². The van der Waals surface area contributed by atoms with E-state index in [0.29, 0.717) is 11.5 Å². The molecule has 0 spiro atoms. The molecule has 0 aliphatic heterocycles. The third-order valence-corrected chi connectivity index (χ3v) is 3.53. The van der Waals surface area contributed by atoms with Crippen molar-refractivity contribution in [1.29, 1.82) is 0 Å². The van der Waals surface area contributed by atoms with Crippen molar-refractivity contribution >= 4 is 17.4 Å². The summed E-state index contributed by atoms with van der Waals surface area (Å²) in [6.07, 6.45) is 0.880. The number of rotatable bonds is 5. The van der Waals surface area contributed by atoms with Crippen LogP contribution >= 0.6 is 0 Å². The zero-order valence-corrected chi connectivity index (χ0v) is 13.5. The van der Waals surface area contributed by atoms with Gasteiger partial charge in [0.15, 0.2) is 11.5 Å². The number of benzene rings is 1. The SMILES string of the molecule is CCC(C)NC(=O)c1ccc(Nc2ccc(C)cc2C)nn1. The maximum atomic E-state index is 11.9. The molecule has 1 aromatic heterocycles. The van der Waals surface area contributed by atoms with Crippen LogP contribution in [0.25, 0.3) is 0 Å². The van der Waals surface area contributed by atoms with E-state index in [-0.39, 0.29) is 11.9 Å². The second kappa shape index (κ2) is 7.02. The first-order valence-corrected chi connectivity index (χ1v) is 7.48. The average molecular weight is 298 g/mol. The minimum absolute atomic E-state index is 0.127. The Hall–Kier alpha value is -2.43. The summed E-state index contributed by atoms with van der Waals surface area (Å²) in [6.45, 7) is 8.08. The number of carbonyl (C=O) groups excluding carboxylic acids is 1. The third kappa shape index (κ3) is 4.04. The number of nitrogens with zero attached hydrogens (tertiary/aromatic N) is 2. The lowest BCUT2D eigenvalue weighted by Gasteiger charge is -2.11. The molecule has 5 nitrogen and oxygen atoms in total. The molecular formula is C17H22N4O. The summed E-state index contributed by atoms with van der Waals surface area (Å²) in [5.41, 5.74) is 3.66. The van der Waals surface area contributed by atoms with Gasteiger partial charge < -0.3 is 10.6 Å². The van der Waals surface area contributed by atoms with E-state index < -0.39 is 0 Å². The Morgan fingerprint density at radius 3 is 2.55 bits per heavy atom. The first kappa shape index (κ1) is 15.9. The molecule has 1 aromatic carbocycles. The molecule has 0 bridgehead atoms. The molecule has 116 valence electrons. The first-order chi connectivity index (χ1) is 10.5. The van der Waals surface area contributed by atoms with Crippen molar-refractivity contribution in [2.45, 2.75) is 40.2 Å². The van der Waals surface area contributed by atoms with Gasteiger partial charge >= 0.3 is 0 Å². The molecule has 1 amide bonds. The number of aryl methyl sites for hydroxylation is 2. The third-order valence-electron chi connectivity index (χ3n) is 3.53. The van der Waals surface area contributed by atoms with E-state index in [2.05, 4.69) is 33.8 Å². The summed E-state index contributed by atoms with van der Waals surface area (Å²) in [5, 5.41) is 14.1. The van der Waals surface area contributed by atoms with Crippen LogP contribution in [0.15, 0.2) is 30.3 Å². The normalized spacial score (nSPS) is 11.8. The van der Waals surface area contributed by atoms with E-state index in [1.807, 2.05) is 32.9 Å². The Labute approximate surface area is 131 Å². The van der Waals surface area contributed by atoms with Gasteiger partial charge in [0, 0.05) is 11.7 Å². The van der Waals surface area contributed by atoms with Crippen molar-refractivity contribution in [2.75, 3.05) is 5.32 Å². The average Bonchev–Trinajstić information content (AvgIpc) is 2.50. The smallest absolute Gasteiger partial charge is 0.272 e. The van der Waals surface area contributed by atoms with Crippen molar-refractivity contribution in [3.05, 3.63) is 47.2 Å². The molecular weight excluding hydrogens is 276 g/mol. The van der Waals surface area contributed by atoms with Gasteiger partial charge in [0.25, 0.3) is 5.91 Å². The monoisotopic (exact) mass is 298 g/mol. The molecule has 1 atom stereocenters. The highest BCUT2D eigenvalue weighted by Gasteiger charge is 2.10. The number of aromatic nitrogens is 2. The highest BCUT2D eigenvalue weighted by molar-refractivity contribution is 5.92. The Morgan fingerprint density at radius 2 is 1.95 bits per heavy atom. The Morgan fingerprint density at radius 1 is 1.18 bits per heavy atom. The van der Waals surface area contributed by atoms with Crippen LogP contribution in [0.3, 0.4) is 0 Å². The predicted molar refractivity (Wildman–Crippen MR) is 88.4 cm³/mol. The number of hydrogen-bond donors (Lipinski definition) is 2. The van der Waals surface area contributed by atoms with Crippen molar-refractivity contribution in [1.82, 2.24) is 15.5 Å². The lowest BCUT2D eigenvalue weighted by molar-refractivity contribution is 0.0933. The molecule has 22 heavy (non-hydrogen) atoms. The van der Waals surface area contributed by atoms with Gasteiger partial charge in [0.1, 0.15) is 0 Å². The fourth-order valence-corrected chi connectivity index (χ4v) is 2.01. The highest BCUT2D eigenvalue weighted by Crippen LogP contribution is 2.19. The zero-order valence-electron chi connectivity index (χ0n) is 13.5. The van der Waals surface area contributed by atoms with Crippen molar-refractivity contribution < 1.29 is 4.79 Å². The summed E-state index contributed by atoms with van der Waals surface area (Å²) in [4.78, 5) is 11.9. The molecule has 2 rings (SSSR count). The van der Waals surface area contributed by atoms with Crippen LogP contribution in [0, 0.1) is 13.8 Å². The summed E-state index contributed by atoms with van der Waals surface area (Å²) < 4.78 is 0. The van der Waals surface area contributed by atoms with Crippen molar-refractivity contribution in [3.8, 4) is 0 Å². The van der Waals surface area contributed by atoms with Gasteiger partial charge in [-0.3, -0.25) is 4.79 Å². The van der Waals surface area contributed by atoms with Crippen molar-refractivity contribution in [2.24, 2.45) is 0 Å². The molecule has 2 aromatic rings. The molecule has 0 saturated heterocycles. The number of anilines is 2. The van der Waals surface area contributed by atoms with Gasteiger partial charge in [-0.05, 0) is 51.0 Å². The fourth-order valence-electron chi connectivity index (χ4n) is 2.01. The summed E-state index contributed by atoms with van der Waals surface area (Å²) in [7, 11) is 0. The lowest BCUT2D eigenvalue weighted by Crippen LogP contribution is -2.32. The standard InChI is InChI=1S/C17H22N4O/c1-5-13(4)18-17(22)15-8-9-16(21-20-15)19-14-7-6-11(2)10-12(14)3/h6-10,13H,5H2,1-4H3,(H,18,22)(H,19,21). The summed E-state index contributed by atoms with van der Waals surface area (Å²) in [5.74, 6) is 0.423. The second-order valence-corrected chi connectivity index (χ2v) is 5.53. The van der Waals surface area contributed by atoms with Crippen LogP contribution in [0.4, 0.5) is 11.5 Å². The molecule has 1 heterocycles. The molecule has 0 saturated carbocycles.